The lowest BCUT2D eigenvalue weighted by molar-refractivity contribution is 0.171. The molecule has 1 fully saturated rings. The molecule has 23 heavy (non-hydrogen) atoms. The normalized spacial score (nSPS) is 17.4. The maximum absolute atomic E-state index is 6.09. The van der Waals surface area contributed by atoms with Gasteiger partial charge in [0.25, 0.3) is 0 Å². The van der Waals surface area contributed by atoms with Crippen LogP contribution in [0.1, 0.15) is 32.3 Å². The summed E-state index contributed by atoms with van der Waals surface area (Å²) in [6.07, 6.45) is 2.44. The Bertz CT molecular complexity index is 585. The van der Waals surface area contributed by atoms with E-state index in [1.807, 2.05) is 13.1 Å². The maximum Gasteiger partial charge on any atom is 0.191 e. The number of hydrogen-bond acceptors (Lipinski definition) is 3. The fourth-order valence-corrected chi connectivity index (χ4v) is 2.59. The Hall–Kier alpha value is -1.18. The van der Waals surface area contributed by atoms with Gasteiger partial charge in [-0.25, -0.2) is 0 Å². The molecule has 1 aromatic carbocycles. The summed E-state index contributed by atoms with van der Waals surface area (Å²) in [7, 11) is 2.02. The van der Waals surface area contributed by atoms with E-state index < -0.39 is 0 Å². The van der Waals surface area contributed by atoms with Crippen LogP contribution >= 0.6 is 24.0 Å². The van der Waals surface area contributed by atoms with Crippen LogP contribution in [0.3, 0.4) is 0 Å². The molecule has 3 rings (SSSR count). The van der Waals surface area contributed by atoms with Gasteiger partial charge < -0.3 is 20.1 Å². The van der Waals surface area contributed by atoms with E-state index in [2.05, 4.69) is 35.9 Å². The molecule has 5 nitrogen and oxygen atoms in total. The molecule has 1 aliphatic heterocycles. The van der Waals surface area contributed by atoms with Gasteiger partial charge in [-0.05, 0) is 30.5 Å². The number of benzene rings is 1. The molecular weight excluding hydrogens is 405 g/mol. The number of nitrogens with zero attached hydrogens (tertiary/aromatic N) is 2. The summed E-state index contributed by atoms with van der Waals surface area (Å²) >= 11 is 0. The second-order valence-electron chi connectivity index (χ2n) is 6.76. The van der Waals surface area contributed by atoms with E-state index in [0.717, 1.165) is 11.5 Å². The Labute approximate surface area is 155 Å². The highest BCUT2D eigenvalue weighted by molar-refractivity contribution is 14.0. The molecule has 1 aromatic rings. The molecule has 0 amide bonds. The molecule has 1 aliphatic carbocycles. The Morgan fingerprint density at radius 1 is 1.26 bits per heavy atom. The third-order valence-electron chi connectivity index (χ3n) is 4.42. The number of fused-ring (bicyclic) bond motifs is 1. The first-order chi connectivity index (χ1) is 10.5. The minimum Gasteiger partial charge on any atom is -0.486 e. The Morgan fingerprint density at radius 3 is 2.57 bits per heavy atom. The van der Waals surface area contributed by atoms with Crippen molar-refractivity contribution in [3.63, 3.8) is 0 Å². The molecular formula is C17H26IN3O2. The van der Waals surface area contributed by atoms with Crippen LogP contribution in [0.15, 0.2) is 23.2 Å². The van der Waals surface area contributed by atoms with Crippen molar-refractivity contribution in [1.29, 1.82) is 0 Å². The van der Waals surface area contributed by atoms with Crippen molar-refractivity contribution < 1.29 is 9.47 Å². The number of hydrogen-bond donors (Lipinski definition) is 1. The van der Waals surface area contributed by atoms with Gasteiger partial charge in [0.15, 0.2) is 17.5 Å². The summed E-state index contributed by atoms with van der Waals surface area (Å²) in [5.41, 5.74) is 7.16. The summed E-state index contributed by atoms with van der Waals surface area (Å²) in [6.45, 7) is 6.21. The molecule has 128 valence electrons. The molecule has 0 saturated heterocycles. The van der Waals surface area contributed by atoms with Crippen molar-refractivity contribution in [2.45, 2.75) is 38.1 Å². The third-order valence-corrected chi connectivity index (χ3v) is 4.42. The highest BCUT2D eigenvalue weighted by Gasteiger charge is 2.28. The standard InChI is InChI=1S/C17H25N3O2.HI/c1-17(2,11-19-16(18)20(3)13-5-6-13)12-4-7-14-15(10-12)22-9-8-21-14;/h4,7,10,13H,5-6,8-9,11H2,1-3H3,(H2,18,19);1H. The van der Waals surface area contributed by atoms with Crippen molar-refractivity contribution >= 4 is 29.9 Å². The Kier molecular flexibility index (Phi) is 5.65. The molecule has 2 N–H and O–H groups in total. The summed E-state index contributed by atoms with van der Waals surface area (Å²) in [4.78, 5) is 6.68. The quantitative estimate of drug-likeness (QED) is 0.453. The van der Waals surface area contributed by atoms with Gasteiger partial charge in [-0.3, -0.25) is 4.99 Å². The van der Waals surface area contributed by atoms with Crippen LogP contribution < -0.4 is 15.2 Å². The predicted molar refractivity (Wildman–Crippen MR) is 103 cm³/mol. The van der Waals surface area contributed by atoms with E-state index in [-0.39, 0.29) is 29.4 Å². The van der Waals surface area contributed by atoms with Crippen molar-refractivity contribution in [2.24, 2.45) is 10.7 Å². The van der Waals surface area contributed by atoms with Crippen molar-refractivity contribution in [2.75, 3.05) is 26.8 Å². The molecule has 2 aliphatic rings. The summed E-state index contributed by atoms with van der Waals surface area (Å²) in [5, 5.41) is 0. The van der Waals surface area contributed by atoms with Crippen LogP contribution in [0.5, 0.6) is 11.5 Å². The monoisotopic (exact) mass is 431 g/mol. The van der Waals surface area contributed by atoms with E-state index in [1.165, 1.54) is 18.4 Å². The average Bonchev–Trinajstić information content (AvgIpc) is 3.36. The van der Waals surface area contributed by atoms with Gasteiger partial charge >= 0.3 is 0 Å². The third kappa shape index (κ3) is 4.22. The van der Waals surface area contributed by atoms with Crippen molar-refractivity contribution in [3.8, 4) is 11.5 Å². The Balaban J connectivity index is 0.00000192. The first-order valence-corrected chi connectivity index (χ1v) is 7.90. The van der Waals surface area contributed by atoms with Crippen molar-refractivity contribution in [3.05, 3.63) is 23.8 Å². The number of nitrogens with two attached hydrogens (primary N) is 1. The van der Waals surface area contributed by atoms with Crippen LogP contribution in [0.4, 0.5) is 0 Å². The average molecular weight is 431 g/mol. The second kappa shape index (κ2) is 7.15. The lowest BCUT2D eigenvalue weighted by Gasteiger charge is -2.27. The minimum absolute atomic E-state index is 0. The number of halogens is 1. The van der Waals surface area contributed by atoms with E-state index in [9.17, 15) is 0 Å². The van der Waals surface area contributed by atoms with Gasteiger partial charge in [-0.2, -0.15) is 0 Å². The predicted octanol–water partition coefficient (Wildman–Crippen LogP) is 2.76. The summed E-state index contributed by atoms with van der Waals surface area (Å²) in [6, 6.07) is 6.71. The van der Waals surface area contributed by atoms with Crippen LogP contribution in [0.2, 0.25) is 0 Å². The zero-order chi connectivity index (χ0) is 15.7. The molecule has 1 heterocycles. The lowest BCUT2D eigenvalue weighted by atomic mass is 9.84. The highest BCUT2D eigenvalue weighted by atomic mass is 127. The minimum atomic E-state index is -0.106. The highest BCUT2D eigenvalue weighted by Crippen LogP contribution is 2.35. The van der Waals surface area contributed by atoms with Gasteiger partial charge in [-0.15, -0.1) is 24.0 Å². The molecule has 6 heteroatoms. The molecule has 0 aromatic heterocycles. The summed E-state index contributed by atoms with van der Waals surface area (Å²) in [5.74, 6) is 2.28. The summed E-state index contributed by atoms with van der Waals surface area (Å²) < 4.78 is 11.2. The van der Waals surface area contributed by atoms with Crippen LogP contribution in [0, 0.1) is 0 Å². The van der Waals surface area contributed by atoms with Crippen LogP contribution in [0.25, 0.3) is 0 Å². The smallest absolute Gasteiger partial charge is 0.191 e. The largest absolute Gasteiger partial charge is 0.486 e. The van der Waals surface area contributed by atoms with Gasteiger partial charge in [-0.1, -0.05) is 19.9 Å². The van der Waals surface area contributed by atoms with Gasteiger partial charge in [0, 0.05) is 18.5 Å². The lowest BCUT2D eigenvalue weighted by Crippen LogP contribution is -2.37. The zero-order valence-corrected chi connectivity index (χ0v) is 16.4. The van der Waals surface area contributed by atoms with E-state index in [1.54, 1.807) is 0 Å². The molecule has 0 atom stereocenters. The molecule has 1 saturated carbocycles. The fraction of sp³-hybridized carbons (Fsp3) is 0.588. The van der Waals surface area contributed by atoms with E-state index in [0.29, 0.717) is 31.8 Å². The van der Waals surface area contributed by atoms with E-state index in [4.69, 9.17) is 15.2 Å². The van der Waals surface area contributed by atoms with Gasteiger partial charge in [0.2, 0.25) is 0 Å². The topological polar surface area (TPSA) is 60.1 Å². The number of aliphatic imine (C=N–C) groups is 1. The molecule has 0 unspecified atom stereocenters. The first-order valence-electron chi connectivity index (χ1n) is 7.90. The number of guanidine groups is 1. The van der Waals surface area contributed by atoms with Gasteiger partial charge in [0.1, 0.15) is 13.2 Å². The second-order valence-corrected chi connectivity index (χ2v) is 6.76. The first kappa shape index (κ1) is 18.2. The Morgan fingerprint density at radius 2 is 1.91 bits per heavy atom. The maximum atomic E-state index is 6.09. The van der Waals surface area contributed by atoms with Gasteiger partial charge in [0.05, 0.1) is 6.54 Å². The number of rotatable bonds is 4. The molecule has 0 spiro atoms. The zero-order valence-electron chi connectivity index (χ0n) is 14.0. The number of ether oxygens (including phenoxy) is 2. The van der Waals surface area contributed by atoms with Crippen molar-refractivity contribution in [1.82, 2.24) is 4.90 Å². The van der Waals surface area contributed by atoms with Crippen LogP contribution in [-0.2, 0) is 5.41 Å². The SMILES string of the molecule is CN(C(N)=NCC(C)(C)c1ccc2c(c1)OCCO2)C1CC1.I. The molecule has 0 radical (unpaired) electrons. The van der Waals surface area contributed by atoms with E-state index >= 15 is 0 Å². The fourth-order valence-electron chi connectivity index (χ4n) is 2.59. The molecule has 0 bridgehead atoms. The van der Waals surface area contributed by atoms with Crippen LogP contribution in [-0.4, -0.2) is 43.7 Å².